The van der Waals surface area contributed by atoms with Gasteiger partial charge in [0.15, 0.2) is 0 Å². The first-order chi connectivity index (χ1) is 9.06. The molecule has 0 bridgehead atoms. The molecule has 2 N–H and O–H groups in total. The minimum atomic E-state index is -1.05. The number of carboxylic acids is 1. The van der Waals surface area contributed by atoms with Crippen LogP contribution in [-0.2, 0) is 4.79 Å². The Morgan fingerprint density at radius 1 is 1.47 bits per heavy atom. The van der Waals surface area contributed by atoms with E-state index in [4.69, 9.17) is 11.6 Å². The molecule has 98 valence electrons. The van der Waals surface area contributed by atoms with Gasteiger partial charge < -0.3 is 5.11 Å². The summed E-state index contributed by atoms with van der Waals surface area (Å²) in [6.45, 7) is 1.75. The largest absolute Gasteiger partial charge is 0.477 e. The van der Waals surface area contributed by atoms with Gasteiger partial charge in [-0.25, -0.2) is 9.78 Å². The van der Waals surface area contributed by atoms with Gasteiger partial charge in [0.05, 0.1) is 0 Å². The molecule has 0 aliphatic carbocycles. The molecule has 19 heavy (non-hydrogen) atoms. The van der Waals surface area contributed by atoms with E-state index >= 15 is 0 Å². The number of carbonyl (C=O) groups is 1. The topological polar surface area (TPSA) is 78.9 Å². The summed E-state index contributed by atoms with van der Waals surface area (Å²) in [5, 5.41) is 16.6. The zero-order valence-electron chi connectivity index (χ0n) is 9.92. The fraction of sp³-hybridized carbons (Fsp3) is 0.0833. The molecular formula is C12H10ClN3O2S. The predicted octanol–water partition coefficient (Wildman–Crippen LogP) is 2.98. The van der Waals surface area contributed by atoms with Crippen molar-refractivity contribution in [1.82, 2.24) is 15.2 Å². The number of hydrogen-bond donors (Lipinski definition) is 2. The molecule has 0 amide bonds. The van der Waals surface area contributed by atoms with E-state index in [2.05, 4.69) is 15.2 Å². The van der Waals surface area contributed by atoms with E-state index in [0.29, 0.717) is 21.6 Å². The maximum absolute atomic E-state index is 11.2. The second kappa shape index (κ2) is 5.90. The molecule has 2 aromatic rings. The molecule has 1 aromatic carbocycles. The van der Waals surface area contributed by atoms with Crippen molar-refractivity contribution in [3.05, 3.63) is 45.6 Å². The van der Waals surface area contributed by atoms with Crippen LogP contribution in [-0.4, -0.2) is 26.3 Å². The summed E-state index contributed by atoms with van der Waals surface area (Å²) < 4.78 is 0. The van der Waals surface area contributed by atoms with Crippen LogP contribution in [0.2, 0.25) is 5.02 Å². The Morgan fingerprint density at radius 2 is 2.21 bits per heavy atom. The van der Waals surface area contributed by atoms with Gasteiger partial charge in [-0.1, -0.05) is 29.8 Å². The molecule has 2 rings (SSSR count). The van der Waals surface area contributed by atoms with Crippen molar-refractivity contribution in [1.29, 1.82) is 0 Å². The van der Waals surface area contributed by atoms with Gasteiger partial charge >= 0.3 is 5.97 Å². The molecule has 1 aromatic heterocycles. The van der Waals surface area contributed by atoms with Crippen molar-refractivity contribution >= 4 is 35.4 Å². The second-order valence-corrected chi connectivity index (χ2v) is 5.06. The SMILES string of the molecule is Cc1nc(S/C(=C/c2ccccc2Cl)C(=O)O)n[nH]1. The number of aliphatic carboxylic acids is 1. The van der Waals surface area contributed by atoms with Crippen LogP contribution in [0.4, 0.5) is 0 Å². The van der Waals surface area contributed by atoms with E-state index in [1.54, 1.807) is 31.2 Å². The number of hydrogen-bond acceptors (Lipinski definition) is 4. The Labute approximate surface area is 118 Å². The molecule has 5 nitrogen and oxygen atoms in total. The maximum atomic E-state index is 11.2. The van der Waals surface area contributed by atoms with Gasteiger partial charge in [0, 0.05) is 5.02 Å². The van der Waals surface area contributed by atoms with Gasteiger partial charge in [-0.2, -0.15) is 0 Å². The van der Waals surface area contributed by atoms with Gasteiger partial charge in [0.2, 0.25) is 5.16 Å². The molecule has 0 aliphatic rings. The number of nitrogens with one attached hydrogen (secondary N) is 1. The van der Waals surface area contributed by atoms with Crippen LogP contribution in [0, 0.1) is 6.92 Å². The molecule has 0 radical (unpaired) electrons. The average molecular weight is 296 g/mol. The van der Waals surface area contributed by atoms with Crippen LogP contribution >= 0.6 is 23.4 Å². The van der Waals surface area contributed by atoms with E-state index < -0.39 is 5.97 Å². The van der Waals surface area contributed by atoms with Crippen molar-refractivity contribution < 1.29 is 9.90 Å². The van der Waals surface area contributed by atoms with Crippen LogP contribution in [0.15, 0.2) is 34.3 Å². The summed E-state index contributed by atoms with van der Waals surface area (Å²) >= 11 is 6.97. The van der Waals surface area contributed by atoms with Crippen molar-refractivity contribution in [2.45, 2.75) is 12.1 Å². The van der Waals surface area contributed by atoms with Crippen LogP contribution in [0.1, 0.15) is 11.4 Å². The zero-order chi connectivity index (χ0) is 13.8. The fourth-order valence-electron chi connectivity index (χ4n) is 1.33. The van der Waals surface area contributed by atoms with E-state index in [1.807, 2.05) is 0 Å². The molecule has 7 heteroatoms. The first-order valence-corrected chi connectivity index (χ1v) is 6.52. The van der Waals surface area contributed by atoms with Gasteiger partial charge in [-0.3, -0.25) is 5.10 Å². The number of rotatable bonds is 4. The summed E-state index contributed by atoms with van der Waals surface area (Å²) in [6, 6.07) is 7.02. The van der Waals surface area contributed by atoms with E-state index in [9.17, 15) is 9.90 Å². The minimum absolute atomic E-state index is 0.104. The van der Waals surface area contributed by atoms with E-state index in [0.717, 1.165) is 11.8 Å². The Hall–Kier alpha value is -1.79. The zero-order valence-corrected chi connectivity index (χ0v) is 11.5. The third kappa shape index (κ3) is 3.59. The van der Waals surface area contributed by atoms with Crippen LogP contribution in [0.25, 0.3) is 6.08 Å². The third-order valence-corrected chi connectivity index (χ3v) is 3.40. The number of thioether (sulfide) groups is 1. The molecule has 0 aliphatic heterocycles. The standard InChI is InChI=1S/C12H10ClN3O2S/c1-7-14-12(16-15-7)19-10(11(17)18)6-8-4-2-3-5-9(8)13/h2-6H,1H3,(H,17,18)(H,14,15,16)/b10-6+. The molecule has 1 heterocycles. The summed E-state index contributed by atoms with van der Waals surface area (Å²) in [7, 11) is 0. The fourth-order valence-corrected chi connectivity index (χ4v) is 2.27. The van der Waals surface area contributed by atoms with Gasteiger partial charge in [-0.05, 0) is 36.4 Å². The van der Waals surface area contributed by atoms with Crippen LogP contribution < -0.4 is 0 Å². The van der Waals surface area contributed by atoms with Gasteiger partial charge in [0.25, 0.3) is 0 Å². The molecule has 0 unspecified atom stereocenters. The lowest BCUT2D eigenvalue weighted by atomic mass is 10.2. The smallest absolute Gasteiger partial charge is 0.342 e. The van der Waals surface area contributed by atoms with Crippen LogP contribution in [0.5, 0.6) is 0 Å². The molecule has 0 saturated carbocycles. The number of nitrogens with zero attached hydrogens (tertiary/aromatic N) is 2. The van der Waals surface area contributed by atoms with E-state index in [-0.39, 0.29) is 4.91 Å². The maximum Gasteiger partial charge on any atom is 0.342 e. The Kier molecular flexibility index (Phi) is 4.24. The Balaban J connectivity index is 2.30. The first-order valence-electron chi connectivity index (χ1n) is 5.32. The Morgan fingerprint density at radius 3 is 2.79 bits per heavy atom. The molecule has 0 saturated heterocycles. The number of carboxylic acid groups (broad SMARTS) is 1. The molecule has 0 spiro atoms. The van der Waals surface area contributed by atoms with Gasteiger partial charge in [0.1, 0.15) is 10.7 Å². The van der Waals surface area contributed by atoms with Crippen LogP contribution in [0.3, 0.4) is 0 Å². The van der Waals surface area contributed by atoms with Crippen molar-refractivity contribution in [3.63, 3.8) is 0 Å². The number of benzene rings is 1. The summed E-state index contributed by atoms with van der Waals surface area (Å²) in [4.78, 5) is 15.4. The average Bonchev–Trinajstić information content (AvgIpc) is 2.76. The minimum Gasteiger partial charge on any atom is -0.477 e. The summed E-state index contributed by atoms with van der Waals surface area (Å²) in [5.74, 6) is -0.419. The predicted molar refractivity (Wildman–Crippen MR) is 74.0 cm³/mol. The number of H-pyrrole nitrogens is 1. The number of aromatic nitrogens is 3. The quantitative estimate of drug-likeness (QED) is 0.669. The van der Waals surface area contributed by atoms with E-state index in [1.165, 1.54) is 6.08 Å². The number of halogens is 1. The van der Waals surface area contributed by atoms with Crippen molar-refractivity contribution in [3.8, 4) is 0 Å². The highest BCUT2D eigenvalue weighted by molar-refractivity contribution is 8.04. The number of aryl methyl sites for hydroxylation is 1. The normalized spacial score (nSPS) is 11.6. The summed E-state index contributed by atoms with van der Waals surface area (Å²) in [5.41, 5.74) is 0.640. The monoisotopic (exact) mass is 295 g/mol. The second-order valence-electron chi connectivity index (χ2n) is 3.64. The van der Waals surface area contributed by atoms with Crippen molar-refractivity contribution in [2.75, 3.05) is 0 Å². The molecule has 0 atom stereocenters. The number of aromatic amines is 1. The van der Waals surface area contributed by atoms with Crippen molar-refractivity contribution in [2.24, 2.45) is 0 Å². The summed E-state index contributed by atoms with van der Waals surface area (Å²) in [6.07, 6.45) is 1.50. The highest BCUT2D eigenvalue weighted by Crippen LogP contribution is 2.27. The lowest BCUT2D eigenvalue weighted by Crippen LogP contribution is -1.97. The Bertz CT molecular complexity index is 639. The molecular weight excluding hydrogens is 286 g/mol. The highest BCUT2D eigenvalue weighted by Gasteiger charge is 2.13. The molecule has 0 fully saturated rings. The lowest BCUT2D eigenvalue weighted by Gasteiger charge is -2.01. The third-order valence-electron chi connectivity index (χ3n) is 2.18. The van der Waals surface area contributed by atoms with Gasteiger partial charge in [-0.15, -0.1) is 5.10 Å². The first kappa shape index (κ1) is 13.6. The highest BCUT2D eigenvalue weighted by atomic mass is 35.5. The lowest BCUT2D eigenvalue weighted by molar-refractivity contribution is -0.131.